The quantitative estimate of drug-likeness (QED) is 0.766. The van der Waals surface area contributed by atoms with Crippen molar-refractivity contribution in [2.45, 2.75) is 4.90 Å². The van der Waals surface area contributed by atoms with Gasteiger partial charge in [-0.05, 0) is 18.2 Å². The zero-order valence-electron chi connectivity index (χ0n) is 9.64. The third kappa shape index (κ3) is 3.95. The first kappa shape index (κ1) is 14.9. The molecule has 3 N–H and O–H groups in total. The van der Waals surface area contributed by atoms with Gasteiger partial charge in [-0.25, -0.2) is 13.6 Å². The molecular weight excluding hydrogens is 280 g/mol. The molecule has 0 aromatic heterocycles. The molecule has 8 heteroatoms. The summed E-state index contributed by atoms with van der Waals surface area (Å²) in [4.78, 5) is 11.6. The maximum atomic E-state index is 11.7. The Kier molecular flexibility index (Phi) is 5.09. The first-order valence-corrected chi connectivity index (χ1v) is 6.88. The fourth-order valence-electron chi connectivity index (χ4n) is 1.22. The molecule has 1 aromatic carbocycles. The maximum absolute atomic E-state index is 11.7. The number of carbonyl (C=O) groups excluding carboxylic acids is 1. The summed E-state index contributed by atoms with van der Waals surface area (Å²) >= 11 is 5.83. The summed E-state index contributed by atoms with van der Waals surface area (Å²) in [5.74, 6) is -0.484. The minimum Gasteiger partial charge on any atom is -0.383 e. The van der Waals surface area contributed by atoms with E-state index < -0.39 is 15.9 Å². The van der Waals surface area contributed by atoms with Crippen LogP contribution in [0.1, 0.15) is 10.4 Å². The van der Waals surface area contributed by atoms with Gasteiger partial charge in [-0.3, -0.25) is 4.79 Å². The molecule has 0 bridgehead atoms. The van der Waals surface area contributed by atoms with E-state index in [2.05, 4.69) is 5.32 Å². The second-order valence-electron chi connectivity index (χ2n) is 3.44. The van der Waals surface area contributed by atoms with Crippen molar-refractivity contribution >= 4 is 27.5 Å². The molecule has 0 saturated carbocycles. The normalized spacial score (nSPS) is 11.3. The molecule has 0 aliphatic carbocycles. The molecule has 100 valence electrons. The van der Waals surface area contributed by atoms with E-state index in [4.69, 9.17) is 21.5 Å². The summed E-state index contributed by atoms with van der Waals surface area (Å²) in [5, 5.41) is 7.66. The van der Waals surface area contributed by atoms with Crippen LogP contribution in [-0.2, 0) is 14.8 Å². The van der Waals surface area contributed by atoms with E-state index in [1.165, 1.54) is 19.2 Å². The van der Waals surface area contributed by atoms with E-state index >= 15 is 0 Å². The lowest BCUT2D eigenvalue weighted by molar-refractivity contribution is 0.0937. The zero-order valence-corrected chi connectivity index (χ0v) is 11.2. The lowest BCUT2D eigenvalue weighted by atomic mass is 10.2. The average molecular weight is 293 g/mol. The molecule has 0 heterocycles. The van der Waals surface area contributed by atoms with Crippen LogP contribution in [0.3, 0.4) is 0 Å². The number of nitrogens with two attached hydrogens (primary N) is 1. The molecule has 0 saturated heterocycles. The zero-order chi connectivity index (χ0) is 13.8. The molecule has 1 amide bonds. The van der Waals surface area contributed by atoms with E-state index in [0.717, 1.165) is 6.07 Å². The topological polar surface area (TPSA) is 98.5 Å². The van der Waals surface area contributed by atoms with Crippen LogP contribution >= 0.6 is 11.6 Å². The van der Waals surface area contributed by atoms with E-state index in [0.29, 0.717) is 13.2 Å². The maximum Gasteiger partial charge on any atom is 0.252 e. The Labute approximate surface area is 110 Å². The highest BCUT2D eigenvalue weighted by atomic mass is 35.5. The van der Waals surface area contributed by atoms with Gasteiger partial charge in [0.25, 0.3) is 5.91 Å². The Morgan fingerprint density at radius 3 is 2.72 bits per heavy atom. The standard InChI is InChI=1S/C10H13ClN2O4S/c1-17-5-4-13-10(14)8-6-7(18(12,15)16)2-3-9(8)11/h2-3,6H,4-5H2,1H3,(H,13,14)(H2,12,15,16). The Morgan fingerprint density at radius 2 is 2.17 bits per heavy atom. The lowest BCUT2D eigenvalue weighted by Crippen LogP contribution is -2.27. The molecule has 0 spiro atoms. The van der Waals surface area contributed by atoms with Crippen LogP contribution in [0, 0.1) is 0 Å². The van der Waals surface area contributed by atoms with Gasteiger partial charge in [-0.2, -0.15) is 0 Å². The van der Waals surface area contributed by atoms with Crippen LogP contribution in [0.25, 0.3) is 0 Å². The number of nitrogens with one attached hydrogen (secondary N) is 1. The molecule has 1 rings (SSSR count). The number of methoxy groups -OCH3 is 1. The third-order valence-corrected chi connectivity index (χ3v) is 3.34. The summed E-state index contributed by atoms with van der Waals surface area (Å²) in [6.45, 7) is 0.642. The molecule has 0 aliphatic rings. The van der Waals surface area contributed by atoms with E-state index in [1.54, 1.807) is 0 Å². The number of sulfonamides is 1. The van der Waals surface area contributed by atoms with Crippen LogP contribution in [0.5, 0.6) is 0 Å². The number of hydrogen-bond acceptors (Lipinski definition) is 4. The van der Waals surface area contributed by atoms with Gasteiger partial charge < -0.3 is 10.1 Å². The third-order valence-electron chi connectivity index (χ3n) is 2.10. The van der Waals surface area contributed by atoms with E-state index in [-0.39, 0.29) is 15.5 Å². The number of amides is 1. The second kappa shape index (κ2) is 6.14. The number of benzene rings is 1. The number of rotatable bonds is 5. The fourth-order valence-corrected chi connectivity index (χ4v) is 1.96. The fraction of sp³-hybridized carbons (Fsp3) is 0.300. The number of hydrogen-bond donors (Lipinski definition) is 2. The Morgan fingerprint density at radius 1 is 1.50 bits per heavy atom. The Balaban J connectivity index is 2.97. The van der Waals surface area contributed by atoms with Crippen LogP contribution < -0.4 is 10.5 Å². The van der Waals surface area contributed by atoms with Gasteiger partial charge in [0.2, 0.25) is 10.0 Å². The van der Waals surface area contributed by atoms with Gasteiger partial charge in [-0.15, -0.1) is 0 Å². The lowest BCUT2D eigenvalue weighted by Gasteiger charge is -2.07. The van der Waals surface area contributed by atoms with Crippen molar-refractivity contribution < 1.29 is 17.9 Å². The SMILES string of the molecule is COCCNC(=O)c1cc(S(N)(=O)=O)ccc1Cl. The number of primary sulfonamides is 1. The minimum atomic E-state index is -3.86. The highest BCUT2D eigenvalue weighted by Crippen LogP contribution is 2.19. The van der Waals surface area contributed by atoms with Crippen molar-refractivity contribution in [1.82, 2.24) is 5.32 Å². The van der Waals surface area contributed by atoms with Crippen molar-refractivity contribution in [3.8, 4) is 0 Å². The predicted molar refractivity (Wildman–Crippen MR) is 67.0 cm³/mol. The van der Waals surface area contributed by atoms with Crippen molar-refractivity contribution in [1.29, 1.82) is 0 Å². The van der Waals surface area contributed by atoms with Gasteiger partial charge in [0.1, 0.15) is 0 Å². The van der Waals surface area contributed by atoms with Gasteiger partial charge in [0.05, 0.1) is 22.1 Å². The van der Waals surface area contributed by atoms with E-state index in [1.807, 2.05) is 0 Å². The summed E-state index contributed by atoms with van der Waals surface area (Å²) in [7, 11) is -2.36. The Bertz CT molecular complexity index is 545. The predicted octanol–water partition coefficient (Wildman–Crippen LogP) is 0.364. The molecular formula is C10H13ClN2O4S. The largest absolute Gasteiger partial charge is 0.383 e. The molecule has 0 unspecified atom stereocenters. The number of halogens is 1. The first-order valence-electron chi connectivity index (χ1n) is 4.95. The molecule has 6 nitrogen and oxygen atoms in total. The second-order valence-corrected chi connectivity index (χ2v) is 5.40. The molecule has 1 aromatic rings. The number of ether oxygens (including phenoxy) is 1. The van der Waals surface area contributed by atoms with Crippen LogP contribution in [-0.4, -0.2) is 34.6 Å². The van der Waals surface area contributed by atoms with Crippen LogP contribution in [0.2, 0.25) is 5.02 Å². The molecule has 0 atom stereocenters. The van der Waals surface area contributed by atoms with Crippen LogP contribution in [0.4, 0.5) is 0 Å². The summed E-state index contributed by atoms with van der Waals surface area (Å²) in [6, 6.07) is 3.69. The van der Waals surface area contributed by atoms with Gasteiger partial charge in [-0.1, -0.05) is 11.6 Å². The molecule has 0 radical (unpaired) electrons. The van der Waals surface area contributed by atoms with Crippen molar-refractivity contribution in [2.75, 3.05) is 20.3 Å². The van der Waals surface area contributed by atoms with Gasteiger partial charge in [0.15, 0.2) is 0 Å². The highest BCUT2D eigenvalue weighted by molar-refractivity contribution is 7.89. The van der Waals surface area contributed by atoms with E-state index in [9.17, 15) is 13.2 Å². The highest BCUT2D eigenvalue weighted by Gasteiger charge is 2.15. The molecule has 0 aliphatic heterocycles. The molecule has 0 fully saturated rings. The van der Waals surface area contributed by atoms with Crippen LogP contribution in [0.15, 0.2) is 23.1 Å². The first-order chi connectivity index (χ1) is 8.36. The smallest absolute Gasteiger partial charge is 0.252 e. The number of carbonyl (C=O) groups is 1. The monoisotopic (exact) mass is 292 g/mol. The molecule has 18 heavy (non-hydrogen) atoms. The van der Waals surface area contributed by atoms with Gasteiger partial charge >= 0.3 is 0 Å². The summed E-state index contributed by atoms with van der Waals surface area (Å²) in [5.41, 5.74) is 0.0549. The van der Waals surface area contributed by atoms with Crippen molar-refractivity contribution in [3.05, 3.63) is 28.8 Å². The van der Waals surface area contributed by atoms with Crippen molar-refractivity contribution in [2.24, 2.45) is 5.14 Å². The Hall–Kier alpha value is -1.15. The van der Waals surface area contributed by atoms with Crippen molar-refractivity contribution in [3.63, 3.8) is 0 Å². The van der Waals surface area contributed by atoms with Gasteiger partial charge in [0, 0.05) is 13.7 Å². The minimum absolute atomic E-state index is 0.0549. The summed E-state index contributed by atoms with van der Waals surface area (Å²) < 4.78 is 27.1. The average Bonchev–Trinajstić information content (AvgIpc) is 2.28. The summed E-state index contributed by atoms with van der Waals surface area (Å²) in [6.07, 6.45) is 0.